The molecule has 1 aromatic rings. The molecule has 128 valence electrons. The van der Waals surface area contributed by atoms with Crippen molar-refractivity contribution in [2.24, 2.45) is 5.92 Å². The van der Waals surface area contributed by atoms with Crippen LogP contribution in [0, 0.1) is 5.92 Å². The second kappa shape index (κ2) is 8.29. The molecule has 2 fully saturated rings. The predicted molar refractivity (Wildman–Crippen MR) is 96.8 cm³/mol. The maximum Gasteiger partial charge on any atom is 0.227 e. The quantitative estimate of drug-likeness (QED) is 0.836. The van der Waals surface area contributed by atoms with Crippen LogP contribution in [0.5, 0.6) is 0 Å². The molecule has 3 nitrogen and oxygen atoms in total. The molecule has 23 heavy (non-hydrogen) atoms. The van der Waals surface area contributed by atoms with Crippen molar-refractivity contribution < 1.29 is 4.79 Å². The molecule has 3 rings (SSSR count). The van der Waals surface area contributed by atoms with Crippen LogP contribution in [-0.4, -0.2) is 47.9 Å². The highest BCUT2D eigenvalue weighted by Gasteiger charge is 2.28. The minimum Gasteiger partial charge on any atom is -0.338 e. The first-order chi connectivity index (χ1) is 11.2. The first-order valence-corrected chi connectivity index (χ1v) is 10.2. The fraction of sp³-hybridized carbons (Fsp3) is 0.737. The summed E-state index contributed by atoms with van der Waals surface area (Å²) in [5, 5.41) is 4.17. The van der Waals surface area contributed by atoms with Gasteiger partial charge in [-0.15, -0.1) is 0 Å². The zero-order valence-electron chi connectivity index (χ0n) is 14.4. The van der Waals surface area contributed by atoms with Crippen LogP contribution in [0.25, 0.3) is 0 Å². The van der Waals surface area contributed by atoms with Crippen LogP contribution in [0.2, 0.25) is 0 Å². The number of likely N-dealkylation sites (tertiary alicyclic amines) is 2. The van der Waals surface area contributed by atoms with E-state index in [0.29, 0.717) is 18.4 Å². The fourth-order valence-corrected chi connectivity index (χ4v) is 4.58. The topological polar surface area (TPSA) is 23.6 Å². The summed E-state index contributed by atoms with van der Waals surface area (Å²) in [4.78, 5) is 17.6. The van der Waals surface area contributed by atoms with Crippen LogP contribution in [0.1, 0.15) is 51.0 Å². The van der Waals surface area contributed by atoms with E-state index in [2.05, 4.69) is 33.6 Å². The fourth-order valence-electron chi connectivity index (χ4n) is 3.91. The number of hydrogen-bond donors (Lipinski definition) is 0. The summed E-state index contributed by atoms with van der Waals surface area (Å²) in [5.41, 5.74) is 1.18. The number of nitrogens with zero attached hydrogens (tertiary/aromatic N) is 2. The molecule has 1 atom stereocenters. The number of rotatable bonds is 4. The smallest absolute Gasteiger partial charge is 0.227 e. The largest absolute Gasteiger partial charge is 0.338 e. The molecule has 3 heterocycles. The third-order valence-corrected chi connectivity index (χ3v) is 6.21. The van der Waals surface area contributed by atoms with Crippen LogP contribution in [0.15, 0.2) is 16.8 Å². The van der Waals surface area contributed by atoms with Crippen LogP contribution in [-0.2, 0) is 11.2 Å². The number of carbonyl (C=O) groups is 1. The number of piperidine rings is 1. The van der Waals surface area contributed by atoms with Crippen molar-refractivity contribution in [2.75, 3.05) is 26.2 Å². The summed E-state index contributed by atoms with van der Waals surface area (Å²) in [5.74, 6) is 1.21. The van der Waals surface area contributed by atoms with Gasteiger partial charge in [-0.1, -0.05) is 19.8 Å². The Morgan fingerprint density at radius 3 is 2.74 bits per heavy atom. The lowest BCUT2D eigenvalue weighted by atomic mass is 9.98. The van der Waals surface area contributed by atoms with Gasteiger partial charge >= 0.3 is 0 Å². The van der Waals surface area contributed by atoms with Crippen molar-refractivity contribution in [3.05, 3.63) is 22.4 Å². The third-order valence-electron chi connectivity index (χ3n) is 5.48. The number of hydrogen-bond acceptors (Lipinski definition) is 3. The molecule has 1 aromatic heterocycles. The minimum absolute atomic E-state index is 0.334. The molecule has 4 heteroatoms. The van der Waals surface area contributed by atoms with Gasteiger partial charge in [-0.3, -0.25) is 4.79 Å². The van der Waals surface area contributed by atoms with Crippen molar-refractivity contribution in [3.63, 3.8) is 0 Å². The molecule has 0 spiro atoms. The number of carbonyl (C=O) groups excluding carboxylic acids is 1. The Hall–Kier alpha value is -0.870. The predicted octanol–water partition coefficient (Wildman–Crippen LogP) is 3.79. The monoisotopic (exact) mass is 334 g/mol. The standard InChI is InChI=1S/C19H30N2OS/c1-16-6-10-20(11-7-16)14-18-5-3-2-4-9-21(18)19(22)13-17-8-12-23-15-17/h8,12,15-16,18H,2-7,9-11,13-14H2,1H3. The van der Waals surface area contributed by atoms with Gasteiger partial charge in [0.1, 0.15) is 0 Å². The Morgan fingerprint density at radius 2 is 2.00 bits per heavy atom. The van der Waals surface area contributed by atoms with E-state index < -0.39 is 0 Å². The lowest BCUT2D eigenvalue weighted by Crippen LogP contribution is -2.48. The highest BCUT2D eigenvalue weighted by Crippen LogP contribution is 2.22. The van der Waals surface area contributed by atoms with Gasteiger partial charge in [0.2, 0.25) is 5.91 Å². The van der Waals surface area contributed by atoms with Gasteiger partial charge < -0.3 is 9.80 Å². The van der Waals surface area contributed by atoms with E-state index >= 15 is 0 Å². The Labute approximate surface area is 144 Å². The van der Waals surface area contributed by atoms with Gasteiger partial charge in [0.05, 0.1) is 6.42 Å². The summed E-state index contributed by atoms with van der Waals surface area (Å²) in [6.07, 6.45) is 8.11. The van der Waals surface area contributed by atoms with E-state index in [0.717, 1.165) is 19.0 Å². The van der Waals surface area contributed by atoms with Crippen molar-refractivity contribution in [1.29, 1.82) is 0 Å². The summed E-state index contributed by atoms with van der Waals surface area (Å²) in [6, 6.07) is 2.51. The SMILES string of the molecule is CC1CCN(CC2CCCCCN2C(=O)Cc2ccsc2)CC1. The molecular formula is C19H30N2OS. The second-order valence-corrected chi connectivity index (χ2v) is 8.16. The Kier molecular flexibility index (Phi) is 6.12. The van der Waals surface area contributed by atoms with Crippen molar-refractivity contribution in [1.82, 2.24) is 9.80 Å². The summed E-state index contributed by atoms with van der Waals surface area (Å²) in [6.45, 7) is 6.83. The Bertz CT molecular complexity index is 480. The lowest BCUT2D eigenvalue weighted by molar-refractivity contribution is -0.133. The lowest BCUT2D eigenvalue weighted by Gasteiger charge is -2.37. The van der Waals surface area contributed by atoms with E-state index in [-0.39, 0.29) is 0 Å². The molecule has 1 amide bonds. The number of thiophene rings is 1. The molecule has 0 aromatic carbocycles. The zero-order chi connectivity index (χ0) is 16.1. The summed E-state index contributed by atoms with van der Waals surface area (Å²) >= 11 is 1.68. The van der Waals surface area contributed by atoms with Gasteiger partial charge in [0, 0.05) is 19.1 Å². The van der Waals surface area contributed by atoms with Crippen molar-refractivity contribution >= 4 is 17.2 Å². The van der Waals surface area contributed by atoms with Gasteiger partial charge in [-0.05, 0) is 67.1 Å². The van der Waals surface area contributed by atoms with Crippen LogP contribution < -0.4 is 0 Å². The van der Waals surface area contributed by atoms with Crippen molar-refractivity contribution in [3.8, 4) is 0 Å². The van der Waals surface area contributed by atoms with Gasteiger partial charge in [-0.2, -0.15) is 11.3 Å². The highest BCUT2D eigenvalue weighted by molar-refractivity contribution is 7.07. The average molecular weight is 335 g/mol. The minimum atomic E-state index is 0.334. The second-order valence-electron chi connectivity index (χ2n) is 7.38. The molecule has 0 aliphatic carbocycles. The Morgan fingerprint density at radius 1 is 1.17 bits per heavy atom. The van der Waals surface area contributed by atoms with Crippen LogP contribution >= 0.6 is 11.3 Å². The maximum atomic E-state index is 12.8. The van der Waals surface area contributed by atoms with E-state index in [4.69, 9.17) is 0 Å². The van der Waals surface area contributed by atoms with E-state index in [1.54, 1.807) is 11.3 Å². The van der Waals surface area contributed by atoms with E-state index in [1.165, 1.54) is 57.2 Å². The molecular weight excluding hydrogens is 304 g/mol. The normalized spacial score (nSPS) is 24.6. The van der Waals surface area contributed by atoms with Crippen molar-refractivity contribution in [2.45, 2.75) is 57.9 Å². The summed E-state index contributed by atoms with van der Waals surface area (Å²) in [7, 11) is 0. The number of amides is 1. The highest BCUT2D eigenvalue weighted by atomic mass is 32.1. The van der Waals surface area contributed by atoms with E-state index in [9.17, 15) is 4.79 Å². The van der Waals surface area contributed by atoms with Crippen LogP contribution in [0.4, 0.5) is 0 Å². The first kappa shape index (κ1) is 17.0. The van der Waals surface area contributed by atoms with Gasteiger partial charge in [-0.25, -0.2) is 0 Å². The Balaban J connectivity index is 1.61. The van der Waals surface area contributed by atoms with Gasteiger partial charge in [0.25, 0.3) is 0 Å². The first-order valence-electron chi connectivity index (χ1n) is 9.25. The molecule has 0 saturated carbocycles. The molecule has 0 bridgehead atoms. The molecule has 0 radical (unpaired) electrons. The zero-order valence-corrected chi connectivity index (χ0v) is 15.2. The molecule has 0 N–H and O–H groups in total. The summed E-state index contributed by atoms with van der Waals surface area (Å²) < 4.78 is 0. The van der Waals surface area contributed by atoms with Gasteiger partial charge in [0.15, 0.2) is 0 Å². The molecule has 2 aliphatic heterocycles. The average Bonchev–Trinajstić information content (AvgIpc) is 2.94. The van der Waals surface area contributed by atoms with Crippen LogP contribution in [0.3, 0.4) is 0 Å². The molecule has 1 unspecified atom stereocenters. The maximum absolute atomic E-state index is 12.8. The molecule has 2 saturated heterocycles. The third kappa shape index (κ3) is 4.80. The van der Waals surface area contributed by atoms with E-state index in [1.807, 2.05) is 0 Å². The molecule has 2 aliphatic rings.